The van der Waals surface area contributed by atoms with E-state index in [1.54, 1.807) is 0 Å². The maximum Gasteiger partial charge on any atom is 0.272 e. The first-order valence-electron chi connectivity index (χ1n) is 9.61. The maximum absolute atomic E-state index is 9.16. The van der Waals surface area contributed by atoms with Crippen LogP contribution in [0.4, 0.5) is 0 Å². The molecule has 9 nitrogen and oxygen atoms in total. The average Bonchev–Trinajstić information content (AvgIpc) is 2.69. The first-order chi connectivity index (χ1) is 13.3. The summed E-state index contributed by atoms with van der Waals surface area (Å²) in [5, 5.41) is 9.16. The molecule has 158 valence electrons. The summed E-state index contributed by atoms with van der Waals surface area (Å²) in [7, 11) is 0. The number of nitrogens with zero attached hydrogens (tertiary/aromatic N) is 1. The second-order valence-electron chi connectivity index (χ2n) is 5.65. The topological polar surface area (TPSA) is 131 Å². The lowest BCUT2D eigenvalue weighted by Crippen LogP contribution is -2.18. The van der Waals surface area contributed by atoms with Gasteiger partial charge in [-0.1, -0.05) is 0 Å². The highest BCUT2D eigenvalue weighted by atomic mass is 16.5. The van der Waals surface area contributed by atoms with E-state index >= 15 is 0 Å². The van der Waals surface area contributed by atoms with Crippen LogP contribution in [-0.4, -0.2) is 99.1 Å². The first-order valence-corrected chi connectivity index (χ1v) is 9.61. The number of ether oxygens (including phenoxy) is 6. The van der Waals surface area contributed by atoms with E-state index in [9.17, 15) is 0 Å². The summed E-state index contributed by atoms with van der Waals surface area (Å²) in [6.07, 6.45) is 1.38. The van der Waals surface area contributed by atoms with Crippen molar-refractivity contribution < 1.29 is 28.4 Å². The van der Waals surface area contributed by atoms with E-state index in [1.165, 1.54) is 0 Å². The van der Waals surface area contributed by atoms with Crippen molar-refractivity contribution in [3.8, 4) is 5.97 Å². The van der Waals surface area contributed by atoms with Crippen molar-refractivity contribution in [1.29, 1.82) is 5.26 Å². The predicted molar refractivity (Wildman–Crippen MR) is 104 cm³/mol. The van der Waals surface area contributed by atoms with Crippen LogP contribution in [0.25, 0.3) is 0 Å². The quantitative estimate of drug-likeness (QED) is 0.187. The van der Waals surface area contributed by atoms with Crippen molar-refractivity contribution in [2.24, 2.45) is 11.5 Å². The van der Waals surface area contributed by atoms with Gasteiger partial charge < -0.3 is 39.9 Å². The van der Waals surface area contributed by atoms with E-state index in [0.717, 1.165) is 0 Å². The van der Waals surface area contributed by atoms with Crippen molar-refractivity contribution in [3.63, 3.8) is 0 Å². The van der Waals surface area contributed by atoms with Gasteiger partial charge in [0.2, 0.25) is 0 Å². The van der Waals surface area contributed by atoms with E-state index in [0.29, 0.717) is 105 Å². The van der Waals surface area contributed by atoms with E-state index < -0.39 is 0 Å². The Kier molecular flexibility index (Phi) is 22.6. The Bertz CT molecular complexity index is 312. The van der Waals surface area contributed by atoms with Crippen molar-refractivity contribution >= 4 is 6.71 Å². The monoisotopic (exact) mass is 389 g/mol. The fraction of sp³-hybridized carbons (Fsp3) is 0.941. The number of hydrogen-bond acceptors (Lipinski definition) is 9. The standard InChI is InChI=1S/C17H36BN3O6/c19-3-7-24-11-15-26-13-9-22-5-1-18(17-21)2-6-23-10-14-27-16-12-25-8-4-20/h1-16,19-20H2. The number of rotatable bonds is 22. The van der Waals surface area contributed by atoms with Gasteiger partial charge in [-0.05, 0) is 12.6 Å². The molecule has 27 heavy (non-hydrogen) atoms. The first kappa shape index (κ1) is 26.2. The Hall–Kier alpha value is -0.765. The highest BCUT2D eigenvalue weighted by molar-refractivity contribution is 6.66. The largest absolute Gasteiger partial charge is 0.380 e. The van der Waals surface area contributed by atoms with Crippen LogP contribution in [0, 0.1) is 11.2 Å². The van der Waals surface area contributed by atoms with Gasteiger partial charge in [0.15, 0.2) is 0 Å². The van der Waals surface area contributed by atoms with E-state index in [-0.39, 0.29) is 6.71 Å². The molecule has 0 unspecified atom stereocenters. The van der Waals surface area contributed by atoms with Gasteiger partial charge in [-0.15, -0.1) is 0 Å². The van der Waals surface area contributed by atoms with Gasteiger partial charge in [0.25, 0.3) is 6.71 Å². The molecule has 4 N–H and O–H groups in total. The molecule has 0 saturated heterocycles. The van der Waals surface area contributed by atoms with Crippen LogP contribution in [0.2, 0.25) is 12.6 Å². The number of nitriles is 1. The smallest absolute Gasteiger partial charge is 0.272 e. The molecule has 0 amide bonds. The Morgan fingerprint density at radius 2 is 0.815 bits per heavy atom. The van der Waals surface area contributed by atoms with Gasteiger partial charge in [-0.3, -0.25) is 0 Å². The van der Waals surface area contributed by atoms with Crippen LogP contribution in [0.3, 0.4) is 0 Å². The van der Waals surface area contributed by atoms with E-state index in [1.807, 2.05) is 0 Å². The molecule has 0 fully saturated rings. The zero-order valence-electron chi connectivity index (χ0n) is 16.4. The lowest BCUT2D eigenvalue weighted by molar-refractivity contribution is 0.0176. The van der Waals surface area contributed by atoms with Crippen LogP contribution in [0.1, 0.15) is 0 Å². The molecule has 0 spiro atoms. The van der Waals surface area contributed by atoms with Crippen LogP contribution < -0.4 is 11.5 Å². The van der Waals surface area contributed by atoms with Crippen molar-refractivity contribution in [2.75, 3.05) is 92.4 Å². The molecular formula is C17H36BN3O6. The molecule has 0 atom stereocenters. The molecule has 0 aliphatic rings. The van der Waals surface area contributed by atoms with Crippen LogP contribution in [0.5, 0.6) is 0 Å². The fourth-order valence-electron chi connectivity index (χ4n) is 1.98. The zero-order chi connectivity index (χ0) is 19.8. The van der Waals surface area contributed by atoms with Crippen molar-refractivity contribution in [3.05, 3.63) is 0 Å². The molecule has 0 bridgehead atoms. The predicted octanol–water partition coefficient (Wildman–Crippen LogP) is -0.439. The molecule has 0 saturated carbocycles. The normalized spacial score (nSPS) is 10.9. The summed E-state index contributed by atoms with van der Waals surface area (Å²) < 4.78 is 32.0. The third-order valence-electron chi connectivity index (χ3n) is 3.42. The molecule has 0 heterocycles. The van der Waals surface area contributed by atoms with Crippen LogP contribution in [0.15, 0.2) is 0 Å². The van der Waals surface area contributed by atoms with Gasteiger partial charge in [0.05, 0.1) is 66.1 Å². The van der Waals surface area contributed by atoms with E-state index in [2.05, 4.69) is 5.97 Å². The fourth-order valence-corrected chi connectivity index (χ4v) is 1.98. The second kappa shape index (κ2) is 23.3. The third kappa shape index (κ3) is 21.4. The average molecular weight is 389 g/mol. The summed E-state index contributed by atoms with van der Waals surface area (Å²) in [5.74, 6) is 2.29. The number of nitrogens with two attached hydrogens (primary N) is 2. The third-order valence-corrected chi connectivity index (χ3v) is 3.42. The molecule has 0 rings (SSSR count). The Labute approximate surface area is 163 Å². The lowest BCUT2D eigenvalue weighted by Gasteiger charge is -2.09. The maximum atomic E-state index is 9.16. The van der Waals surface area contributed by atoms with Crippen molar-refractivity contribution in [1.82, 2.24) is 0 Å². The van der Waals surface area contributed by atoms with E-state index in [4.69, 9.17) is 45.2 Å². The summed E-state index contributed by atoms with van der Waals surface area (Å²) in [4.78, 5) is 0. The molecule has 10 heteroatoms. The SMILES string of the molecule is N#CB(CCOCCOCCOCCN)CCOCCOCCOCCN. The molecular weight excluding hydrogens is 353 g/mol. The summed E-state index contributed by atoms with van der Waals surface area (Å²) in [6.45, 7) is 7.37. The van der Waals surface area contributed by atoms with Gasteiger partial charge in [-0.2, -0.15) is 0 Å². The summed E-state index contributed by atoms with van der Waals surface area (Å²) in [6, 6.07) is 0. The van der Waals surface area contributed by atoms with Gasteiger partial charge in [-0.25, -0.2) is 5.26 Å². The van der Waals surface area contributed by atoms with Crippen LogP contribution in [-0.2, 0) is 28.4 Å². The second-order valence-corrected chi connectivity index (χ2v) is 5.65. The summed E-state index contributed by atoms with van der Waals surface area (Å²) in [5.41, 5.74) is 10.6. The van der Waals surface area contributed by atoms with Gasteiger partial charge in [0.1, 0.15) is 0 Å². The highest BCUT2D eigenvalue weighted by Gasteiger charge is 2.13. The molecule has 0 aliphatic carbocycles. The number of hydrogen-bond donors (Lipinski definition) is 2. The van der Waals surface area contributed by atoms with Gasteiger partial charge >= 0.3 is 0 Å². The Balaban J connectivity index is 3.29. The minimum absolute atomic E-state index is 0.0684. The Morgan fingerprint density at radius 3 is 1.11 bits per heavy atom. The molecule has 0 aromatic carbocycles. The molecule has 0 aromatic rings. The highest BCUT2D eigenvalue weighted by Crippen LogP contribution is 2.00. The minimum atomic E-state index is -0.0684. The van der Waals surface area contributed by atoms with Gasteiger partial charge in [0, 0.05) is 32.3 Å². The minimum Gasteiger partial charge on any atom is -0.380 e. The zero-order valence-corrected chi connectivity index (χ0v) is 16.4. The summed E-state index contributed by atoms with van der Waals surface area (Å²) >= 11 is 0. The van der Waals surface area contributed by atoms with Crippen LogP contribution >= 0.6 is 0 Å². The van der Waals surface area contributed by atoms with Crippen molar-refractivity contribution in [2.45, 2.75) is 12.6 Å². The molecule has 0 aromatic heterocycles. The lowest BCUT2D eigenvalue weighted by atomic mass is 9.47. The molecule has 0 radical (unpaired) electrons. The molecule has 0 aliphatic heterocycles. The Morgan fingerprint density at radius 1 is 0.519 bits per heavy atom.